The van der Waals surface area contributed by atoms with Crippen LogP contribution in [0.2, 0.25) is 0 Å². The topological polar surface area (TPSA) is 98.1 Å². The zero-order valence-electron chi connectivity index (χ0n) is 15.3. The van der Waals surface area contributed by atoms with Gasteiger partial charge >= 0.3 is 0 Å². The van der Waals surface area contributed by atoms with Gasteiger partial charge in [-0.05, 0) is 30.2 Å². The van der Waals surface area contributed by atoms with Crippen molar-refractivity contribution in [3.8, 4) is 17.1 Å². The van der Waals surface area contributed by atoms with Crippen LogP contribution in [-0.4, -0.2) is 39.4 Å². The molecule has 0 saturated carbocycles. The third-order valence-electron chi connectivity index (χ3n) is 3.32. The highest BCUT2D eigenvalue weighted by molar-refractivity contribution is 7.99. The van der Waals surface area contributed by atoms with Gasteiger partial charge in [-0.2, -0.15) is 0 Å². The van der Waals surface area contributed by atoms with E-state index in [1.165, 1.54) is 18.7 Å². The Balaban J connectivity index is 2.17. The summed E-state index contributed by atoms with van der Waals surface area (Å²) in [5, 5.41) is 9.18. The number of benzene rings is 1. The Kier molecular flexibility index (Phi) is 7.02. The van der Waals surface area contributed by atoms with Crippen molar-refractivity contribution in [2.75, 3.05) is 12.9 Å². The molecule has 1 aromatic carbocycles. The van der Waals surface area contributed by atoms with Crippen LogP contribution in [-0.2, 0) is 16.1 Å². The molecular formula is C17H23N5O3S. The van der Waals surface area contributed by atoms with Gasteiger partial charge in [-0.3, -0.25) is 20.4 Å². The molecule has 0 saturated heterocycles. The van der Waals surface area contributed by atoms with Crippen molar-refractivity contribution in [3.63, 3.8) is 0 Å². The van der Waals surface area contributed by atoms with Crippen LogP contribution in [0.15, 0.2) is 29.4 Å². The molecule has 26 heavy (non-hydrogen) atoms. The van der Waals surface area contributed by atoms with Gasteiger partial charge in [0.25, 0.3) is 0 Å². The fourth-order valence-corrected chi connectivity index (χ4v) is 2.95. The van der Waals surface area contributed by atoms with E-state index in [4.69, 9.17) is 4.74 Å². The molecule has 1 heterocycles. The van der Waals surface area contributed by atoms with Gasteiger partial charge < -0.3 is 9.30 Å². The highest BCUT2D eigenvalue weighted by Crippen LogP contribution is 2.26. The molecule has 0 radical (unpaired) electrons. The zero-order valence-corrected chi connectivity index (χ0v) is 16.1. The molecule has 2 rings (SSSR count). The lowest BCUT2D eigenvalue weighted by atomic mass is 10.2. The molecule has 1 aromatic heterocycles. The van der Waals surface area contributed by atoms with Crippen LogP contribution in [0, 0.1) is 5.92 Å². The van der Waals surface area contributed by atoms with E-state index in [1.54, 1.807) is 7.11 Å². The summed E-state index contributed by atoms with van der Waals surface area (Å²) >= 11 is 1.27. The zero-order chi connectivity index (χ0) is 19.1. The fourth-order valence-electron chi connectivity index (χ4n) is 2.20. The molecule has 0 unspecified atom stereocenters. The van der Waals surface area contributed by atoms with E-state index < -0.39 is 0 Å². The van der Waals surface area contributed by atoms with Gasteiger partial charge in [0.1, 0.15) is 5.75 Å². The number of rotatable bonds is 7. The number of hydrogen-bond acceptors (Lipinski definition) is 6. The smallest absolute Gasteiger partial charge is 0.248 e. The minimum atomic E-state index is -0.326. The number of amides is 2. The first kappa shape index (κ1) is 19.8. The number of methoxy groups -OCH3 is 1. The summed E-state index contributed by atoms with van der Waals surface area (Å²) in [6.07, 6.45) is 0. The lowest BCUT2D eigenvalue weighted by Crippen LogP contribution is -2.41. The lowest BCUT2D eigenvalue weighted by Gasteiger charge is -2.13. The summed E-state index contributed by atoms with van der Waals surface area (Å²) in [6.45, 7) is 6.27. The Morgan fingerprint density at radius 1 is 1.19 bits per heavy atom. The maximum atomic E-state index is 11.8. The number of thioether (sulfide) groups is 1. The molecule has 0 aliphatic carbocycles. The maximum absolute atomic E-state index is 11.8. The quantitative estimate of drug-likeness (QED) is 0.565. The summed E-state index contributed by atoms with van der Waals surface area (Å²) in [4.78, 5) is 22.6. The summed E-state index contributed by atoms with van der Waals surface area (Å²) in [7, 11) is 1.62. The molecule has 2 N–H and O–H groups in total. The van der Waals surface area contributed by atoms with E-state index in [2.05, 4.69) is 34.9 Å². The van der Waals surface area contributed by atoms with E-state index in [9.17, 15) is 9.59 Å². The Morgan fingerprint density at radius 3 is 2.46 bits per heavy atom. The molecule has 0 atom stereocenters. The van der Waals surface area contributed by atoms with Gasteiger partial charge in [0.2, 0.25) is 11.8 Å². The summed E-state index contributed by atoms with van der Waals surface area (Å²) in [5.41, 5.74) is 5.52. The van der Waals surface area contributed by atoms with Crippen molar-refractivity contribution < 1.29 is 14.3 Å². The number of carbonyl (C=O) groups excluding carboxylic acids is 2. The van der Waals surface area contributed by atoms with E-state index in [0.717, 1.165) is 23.7 Å². The van der Waals surface area contributed by atoms with Crippen molar-refractivity contribution in [2.45, 2.75) is 32.5 Å². The molecule has 9 heteroatoms. The second-order valence-electron chi connectivity index (χ2n) is 6.06. The predicted octanol–water partition coefficient (Wildman–Crippen LogP) is 1.87. The number of ether oxygens (including phenoxy) is 1. The SMILES string of the molecule is COc1ccc(-c2nnc(SCC(=O)NNC(C)=O)n2CC(C)C)cc1. The highest BCUT2D eigenvalue weighted by Gasteiger charge is 2.16. The van der Waals surface area contributed by atoms with Crippen molar-refractivity contribution in [1.29, 1.82) is 0 Å². The molecule has 0 aliphatic rings. The second kappa shape index (κ2) is 9.23. The molecule has 0 bridgehead atoms. The van der Waals surface area contributed by atoms with Gasteiger partial charge in [-0.15, -0.1) is 10.2 Å². The van der Waals surface area contributed by atoms with E-state index in [1.807, 2.05) is 28.8 Å². The van der Waals surface area contributed by atoms with Crippen LogP contribution in [0.25, 0.3) is 11.4 Å². The summed E-state index contributed by atoms with van der Waals surface area (Å²) in [6, 6.07) is 7.60. The highest BCUT2D eigenvalue weighted by atomic mass is 32.2. The average Bonchev–Trinajstić information content (AvgIpc) is 3.00. The largest absolute Gasteiger partial charge is 0.497 e. The molecule has 2 amide bonds. The number of nitrogens with zero attached hydrogens (tertiary/aromatic N) is 3. The third kappa shape index (κ3) is 5.48. The summed E-state index contributed by atoms with van der Waals surface area (Å²) < 4.78 is 7.19. The number of hydrogen-bond donors (Lipinski definition) is 2. The second-order valence-corrected chi connectivity index (χ2v) is 7.00. The number of aromatic nitrogens is 3. The van der Waals surface area contributed by atoms with Crippen LogP contribution in [0.5, 0.6) is 5.75 Å². The van der Waals surface area contributed by atoms with Gasteiger partial charge in [-0.25, -0.2) is 0 Å². The molecule has 8 nitrogen and oxygen atoms in total. The minimum Gasteiger partial charge on any atom is -0.497 e. The number of hydrazine groups is 1. The van der Waals surface area contributed by atoms with Crippen LogP contribution in [0.1, 0.15) is 20.8 Å². The van der Waals surface area contributed by atoms with Gasteiger partial charge in [-0.1, -0.05) is 25.6 Å². The van der Waals surface area contributed by atoms with Gasteiger partial charge in [0.05, 0.1) is 12.9 Å². The minimum absolute atomic E-state index is 0.124. The molecule has 0 fully saturated rings. The Morgan fingerprint density at radius 2 is 1.88 bits per heavy atom. The lowest BCUT2D eigenvalue weighted by molar-refractivity contribution is -0.126. The first-order valence-corrected chi connectivity index (χ1v) is 9.15. The van der Waals surface area contributed by atoms with Crippen LogP contribution >= 0.6 is 11.8 Å². The van der Waals surface area contributed by atoms with E-state index in [0.29, 0.717) is 11.1 Å². The van der Waals surface area contributed by atoms with E-state index in [-0.39, 0.29) is 17.6 Å². The Bertz CT molecular complexity index is 758. The van der Waals surface area contributed by atoms with Crippen LogP contribution < -0.4 is 15.6 Å². The van der Waals surface area contributed by atoms with Gasteiger partial charge in [0, 0.05) is 19.0 Å². The van der Waals surface area contributed by atoms with Crippen molar-refractivity contribution in [2.24, 2.45) is 5.92 Å². The molecule has 0 spiro atoms. The molecule has 0 aliphatic heterocycles. The average molecular weight is 377 g/mol. The monoisotopic (exact) mass is 377 g/mol. The number of carbonyl (C=O) groups is 2. The van der Waals surface area contributed by atoms with Crippen LogP contribution in [0.4, 0.5) is 0 Å². The maximum Gasteiger partial charge on any atom is 0.248 e. The van der Waals surface area contributed by atoms with Crippen molar-refractivity contribution >= 4 is 23.6 Å². The van der Waals surface area contributed by atoms with Crippen molar-refractivity contribution in [3.05, 3.63) is 24.3 Å². The fraction of sp³-hybridized carbons (Fsp3) is 0.412. The molecular weight excluding hydrogens is 354 g/mol. The predicted molar refractivity (Wildman–Crippen MR) is 99.5 cm³/mol. The standard InChI is InChI=1S/C17H23N5O3S/c1-11(2)9-22-16(13-5-7-14(25-4)8-6-13)20-21-17(22)26-10-15(24)19-18-12(3)23/h5-8,11H,9-10H2,1-4H3,(H,18,23)(H,19,24). The van der Waals surface area contributed by atoms with E-state index >= 15 is 0 Å². The Labute approximate surface area is 156 Å². The van der Waals surface area contributed by atoms with Crippen molar-refractivity contribution in [1.82, 2.24) is 25.6 Å². The normalized spacial score (nSPS) is 10.7. The summed E-state index contributed by atoms with van der Waals surface area (Å²) in [5.74, 6) is 1.39. The molecule has 2 aromatic rings. The third-order valence-corrected chi connectivity index (χ3v) is 4.29. The Hall–Kier alpha value is -2.55. The van der Waals surface area contributed by atoms with Gasteiger partial charge in [0.15, 0.2) is 11.0 Å². The molecule has 140 valence electrons. The first-order valence-electron chi connectivity index (χ1n) is 8.16. The van der Waals surface area contributed by atoms with Crippen LogP contribution in [0.3, 0.4) is 0 Å². The first-order chi connectivity index (χ1) is 12.4. The number of nitrogens with one attached hydrogen (secondary N) is 2.